The Labute approximate surface area is 114 Å². The third kappa shape index (κ3) is 2.89. The summed E-state index contributed by atoms with van der Waals surface area (Å²) in [5, 5.41) is 0. The molecule has 0 unspecified atom stereocenters. The summed E-state index contributed by atoms with van der Waals surface area (Å²) in [6, 6.07) is 6.41. The smallest absolute Gasteiger partial charge is 0.205 e. The molecule has 1 aromatic carbocycles. The van der Waals surface area contributed by atoms with Crippen LogP contribution in [0.1, 0.15) is 24.2 Å². The lowest BCUT2D eigenvalue weighted by Crippen LogP contribution is -2.39. The molecule has 3 nitrogen and oxygen atoms in total. The molecule has 0 aliphatic rings. The lowest BCUT2D eigenvalue weighted by atomic mass is 10.1. The van der Waals surface area contributed by atoms with Crippen LogP contribution in [0.3, 0.4) is 0 Å². The van der Waals surface area contributed by atoms with E-state index in [9.17, 15) is 13.2 Å². The van der Waals surface area contributed by atoms with Gasteiger partial charge in [-0.2, -0.15) is 0 Å². The first-order chi connectivity index (χ1) is 7.72. The monoisotopic (exact) mass is 338 g/mol. The van der Waals surface area contributed by atoms with Crippen LogP contribution in [-0.2, 0) is 9.84 Å². The summed E-state index contributed by atoms with van der Waals surface area (Å²) in [5.74, 6) is -0.775. The van der Waals surface area contributed by atoms with E-state index in [1.54, 1.807) is 12.1 Å². The molecule has 0 radical (unpaired) electrons. The van der Waals surface area contributed by atoms with Crippen molar-refractivity contribution in [2.24, 2.45) is 0 Å². The number of ketones is 1. The van der Waals surface area contributed by atoms with E-state index in [1.807, 2.05) is 0 Å². The maximum atomic E-state index is 12.1. The highest BCUT2D eigenvalue weighted by atomic mass is 79.9. The Balaban J connectivity index is 3.18. The first-order valence-corrected chi connectivity index (χ1v) is 7.76. The van der Waals surface area contributed by atoms with Crippen molar-refractivity contribution in [1.29, 1.82) is 0 Å². The molecule has 0 heterocycles. The van der Waals surface area contributed by atoms with Crippen molar-refractivity contribution in [3.63, 3.8) is 0 Å². The van der Waals surface area contributed by atoms with Crippen molar-refractivity contribution in [2.45, 2.75) is 18.1 Å². The molecule has 0 spiro atoms. The summed E-state index contributed by atoms with van der Waals surface area (Å²) < 4.78 is 22.4. The Morgan fingerprint density at radius 2 is 1.82 bits per heavy atom. The molecule has 0 saturated heterocycles. The van der Waals surface area contributed by atoms with Crippen LogP contribution in [0.4, 0.5) is 0 Å². The number of sulfone groups is 1. The van der Waals surface area contributed by atoms with E-state index in [0.717, 1.165) is 4.47 Å². The highest BCUT2D eigenvalue weighted by Crippen LogP contribution is 2.28. The van der Waals surface area contributed by atoms with Gasteiger partial charge in [0.05, 0.1) is 0 Å². The molecule has 94 valence electrons. The minimum atomic E-state index is -3.65. The molecular weight excluding hydrogens is 328 g/mol. The van der Waals surface area contributed by atoms with Crippen molar-refractivity contribution in [3.05, 3.63) is 34.3 Å². The molecule has 0 N–H and O–H groups in total. The number of carbonyl (C=O) groups excluding carboxylic acids is 1. The van der Waals surface area contributed by atoms with Crippen LogP contribution in [0.15, 0.2) is 28.7 Å². The first-order valence-electron chi connectivity index (χ1n) is 4.94. The van der Waals surface area contributed by atoms with Gasteiger partial charge in [0.2, 0.25) is 4.21 Å². The Morgan fingerprint density at radius 3 is 2.24 bits per heavy atom. The molecule has 1 atom stereocenters. The van der Waals surface area contributed by atoms with Gasteiger partial charge in [-0.05, 0) is 19.1 Å². The highest BCUT2D eigenvalue weighted by Gasteiger charge is 2.43. The third-order valence-corrected chi connectivity index (χ3v) is 6.00. The van der Waals surface area contributed by atoms with Gasteiger partial charge in [0.1, 0.15) is 0 Å². The topological polar surface area (TPSA) is 51.2 Å². The van der Waals surface area contributed by atoms with E-state index in [1.165, 1.54) is 26.0 Å². The fraction of sp³-hybridized carbons (Fsp3) is 0.364. The molecular formula is C11H12BrClO3S. The molecule has 0 fully saturated rings. The van der Waals surface area contributed by atoms with Gasteiger partial charge in [0.15, 0.2) is 15.6 Å². The van der Waals surface area contributed by atoms with Gasteiger partial charge >= 0.3 is 0 Å². The van der Waals surface area contributed by atoms with Crippen LogP contribution in [0.2, 0.25) is 0 Å². The number of benzene rings is 1. The summed E-state index contributed by atoms with van der Waals surface area (Å²) >= 11 is 9.14. The van der Waals surface area contributed by atoms with Crippen LogP contribution >= 0.6 is 27.5 Å². The second kappa shape index (κ2) is 5.08. The van der Waals surface area contributed by atoms with E-state index >= 15 is 0 Å². The minimum absolute atomic E-state index is 0.171. The Kier molecular flexibility index (Phi) is 4.38. The molecule has 17 heavy (non-hydrogen) atoms. The fourth-order valence-electron chi connectivity index (χ4n) is 1.27. The SMILES string of the molecule is CCS(=O)(=O)[C@](C)(Cl)C(=O)c1ccc(Br)cc1. The third-order valence-electron chi connectivity index (χ3n) is 2.48. The predicted molar refractivity (Wildman–Crippen MR) is 72.2 cm³/mol. The summed E-state index contributed by atoms with van der Waals surface area (Å²) in [6.45, 7) is 2.68. The number of rotatable bonds is 4. The number of halogens is 2. The van der Waals surface area contributed by atoms with Crippen molar-refractivity contribution in [1.82, 2.24) is 0 Å². The zero-order valence-corrected chi connectivity index (χ0v) is 12.6. The molecule has 0 aromatic heterocycles. The summed E-state index contributed by atoms with van der Waals surface area (Å²) in [7, 11) is -3.65. The van der Waals surface area contributed by atoms with Gasteiger partial charge in [-0.1, -0.05) is 46.6 Å². The lowest BCUT2D eigenvalue weighted by Gasteiger charge is -2.20. The van der Waals surface area contributed by atoms with Gasteiger partial charge in [-0.3, -0.25) is 4.79 Å². The maximum absolute atomic E-state index is 12.1. The first kappa shape index (κ1) is 14.7. The number of carbonyl (C=O) groups is 1. The van der Waals surface area contributed by atoms with Crippen LogP contribution in [0.5, 0.6) is 0 Å². The quantitative estimate of drug-likeness (QED) is 0.626. The summed E-state index contributed by atoms with van der Waals surface area (Å²) in [4.78, 5) is 12.1. The molecule has 1 rings (SSSR count). The van der Waals surface area contributed by atoms with E-state index < -0.39 is 19.8 Å². The molecule has 0 bridgehead atoms. The van der Waals surface area contributed by atoms with Crippen LogP contribution < -0.4 is 0 Å². The molecule has 1 aromatic rings. The van der Waals surface area contributed by atoms with Crippen LogP contribution in [0.25, 0.3) is 0 Å². The molecule has 0 aliphatic carbocycles. The fourth-order valence-corrected chi connectivity index (χ4v) is 2.91. The van der Waals surface area contributed by atoms with E-state index in [4.69, 9.17) is 11.6 Å². The summed E-state index contributed by atoms with van der Waals surface area (Å²) in [5.41, 5.74) is 0.280. The normalized spacial score (nSPS) is 15.3. The number of alkyl halides is 1. The lowest BCUT2D eigenvalue weighted by molar-refractivity contribution is 0.0978. The average molecular weight is 340 g/mol. The highest BCUT2D eigenvalue weighted by molar-refractivity contribution is 9.10. The van der Waals surface area contributed by atoms with Crippen molar-refractivity contribution >= 4 is 43.2 Å². The van der Waals surface area contributed by atoms with Crippen molar-refractivity contribution in [2.75, 3.05) is 5.75 Å². The van der Waals surface area contributed by atoms with E-state index in [-0.39, 0.29) is 11.3 Å². The second-order valence-corrected chi connectivity index (χ2v) is 8.18. The number of hydrogen-bond donors (Lipinski definition) is 0. The molecule has 0 aliphatic heterocycles. The van der Waals surface area contributed by atoms with Crippen LogP contribution in [-0.4, -0.2) is 24.2 Å². The van der Waals surface area contributed by atoms with Gasteiger partial charge < -0.3 is 0 Å². The molecule has 0 saturated carbocycles. The zero-order valence-electron chi connectivity index (χ0n) is 9.41. The Bertz CT molecular complexity index is 520. The van der Waals surface area contributed by atoms with Gasteiger partial charge in [0.25, 0.3) is 0 Å². The standard InChI is InChI=1S/C11H12BrClO3S/c1-3-17(15,16)11(2,13)10(14)8-4-6-9(12)7-5-8/h4-7H,3H2,1-2H3/t11-/m0/s1. The second-order valence-electron chi connectivity index (χ2n) is 3.66. The number of hydrogen-bond acceptors (Lipinski definition) is 3. The van der Waals surface area contributed by atoms with Gasteiger partial charge in [-0.25, -0.2) is 8.42 Å². The largest absolute Gasteiger partial charge is 0.291 e. The van der Waals surface area contributed by atoms with E-state index in [2.05, 4.69) is 15.9 Å². The van der Waals surface area contributed by atoms with Crippen molar-refractivity contribution in [3.8, 4) is 0 Å². The molecule has 0 amide bonds. The van der Waals surface area contributed by atoms with Gasteiger partial charge in [0, 0.05) is 15.8 Å². The zero-order chi connectivity index (χ0) is 13.3. The van der Waals surface area contributed by atoms with Crippen molar-refractivity contribution < 1.29 is 13.2 Å². The van der Waals surface area contributed by atoms with Crippen LogP contribution in [0, 0.1) is 0 Å². The maximum Gasteiger partial charge on any atom is 0.205 e. The van der Waals surface area contributed by atoms with E-state index in [0.29, 0.717) is 0 Å². The Hall–Kier alpha value is -0.390. The number of Topliss-reactive ketones (excluding diaryl/α,β-unsaturated/α-hetero) is 1. The minimum Gasteiger partial charge on any atom is -0.291 e. The van der Waals surface area contributed by atoms with Gasteiger partial charge in [-0.15, -0.1) is 0 Å². The predicted octanol–water partition coefficient (Wildman–Crippen LogP) is 3.02. The Morgan fingerprint density at radius 1 is 1.35 bits per heavy atom. The summed E-state index contributed by atoms with van der Waals surface area (Å²) in [6.07, 6.45) is 0. The average Bonchev–Trinajstić information content (AvgIpc) is 2.28. The molecule has 6 heteroatoms.